The highest BCUT2D eigenvalue weighted by Gasteiger charge is 2.29. The van der Waals surface area contributed by atoms with Gasteiger partial charge in [0.1, 0.15) is 5.82 Å². The van der Waals surface area contributed by atoms with Crippen molar-refractivity contribution in [2.75, 3.05) is 70.3 Å². The van der Waals surface area contributed by atoms with Gasteiger partial charge < -0.3 is 14.7 Å². The number of hydrogen-bond donors (Lipinski definition) is 0. The maximum atomic E-state index is 4.62. The fourth-order valence-electron chi connectivity index (χ4n) is 5.66. The van der Waals surface area contributed by atoms with E-state index in [-0.39, 0.29) is 0 Å². The first kappa shape index (κ1) is 23.0. The van der Waals surface area contributed by atoms with Crippen molar-refractivity contribution in [1.82, 2.24) is 19.7 Å². The van der Waals surface area contributed by atoms with Crippen LogP contribution in [-0.2, 0) is 0 Å². The van der Waals surface area contributed by atoms with Crippen LogP contribution in [-0.4, -0.2) is 90.7 Å². The van der Waals surface area contributed by atoms with Crippen LogP contribution in [0.1, 0.15) is 52.0 Å². The molecule has 5 heteroatoms. The van der Waals surface area contributed by atoms with E-state index in [9.17, 15) is 0 Å². The highest BCUT2D eigenvalue weighted by molar-refractivity contribution is 5.39. The largest absolute Gasteiger partial charge is 0.357 e. The Kier molecular flexibility index (Phi) is 7.56. The molecule has 0 saturated carbocycles. The lowest BCUT2D eigenvalue weighted by Crippen LogP contribution is -2.51. The molecule has 5 nitrogen and oxygen atoms in total. The molecule has 3 aliphatic rings. The van der Waals surface area contributed by atoms with E-state index in [1.54, 1.807) is 0 Å². The Morgan fingerprint density at radius 2 is 1.29 bits per heavy atom. The second-order valence-corrected chi connectivity index (χ2v) is 11.3. The summed E-state index contributed by atoms with van der Waals surface area (Å²) >= 11 is 0. The van der Waals surface area contributed by atoms with Gasteiger partial charge in [0, 0.05) is 64.1 Å². The van der Waals surface area contributed by atoms with Crippen LogP contribution in [0.5, 0.6) is 0 Å². The third kappa shape index (κ3) is 6.43. The molecule has 0 radical (unpaired) electrons. The third-order valence-electron chi connectivity index (χ3n) is 7.90. The summed E-state index contributed by atoms with van der Waals surface area (Å²) in [6.07, 6.45) is 7.37. The van der Waals surface area contributed by atoms with Gasteiger partial charge >= 0.3 is 0 Å². The van der Waals surface area contributed by atoms with Crippen molar-refractivity contribution < 1.29 is 0 Å². The van der Waals surface area contributed by atoms with Gasteiger partial charge in [-0.2, -0.15) is 0 Å². The topological polar surface area (TPSA) is 25.9 Å². The standard InChI is InChI=1S/C26H45N5/c1-22-5-6-25(27-19-22)30-11-7-23(8-12-30)20-28-15-17-29(18-16-28)21-24-9-13-31(14-10-24)26(2,3)4/h5-6,19,23-24H,7-18,20-21H2,1-4H3. The van der Waals surface area contributed by atoms with Crippen molar-refractivity contribution in [2.24, 2.45) is 11.8 Å². The van der Waals surface area contributed by atoms with Gasteiger partial charge in [0.2, 0.25) is 0 Å². The number of anilines is 1. The van der Waals surface area contributed by atoms with E-state index in [0.717, 1.165) is 30.7 Å². The van der Waals surface area contributed by atoms with Crippen LogP contribution in [0.4, 0.5) is 5.82 Å². The molecule has 0 N–H and O–H groups in total. The minimum absolute atomic E-state index is 0.337. The Hall–Kier alpha value is -1.17. The summed E-state index contributed by atoms with van der Waals surface area (Å²) in [5.74, 6) is 2.92. The summed E-state index contributed by atoms with van der Waals surface area (Å²) in [7, 11) is 0. The maximum Gasteiger partial charge on any atom is 0.128 e. The molecule has 3 saturated heterocycles. The Labute approximate surface area is 190 Å². The Balaban J connectivity index is 1.12. The first-order valence-electron chi connectivity index (χ1n) is 12.7. The normalized spacial score (nSPS) is 24.1. The number of piperidine rings is 2. The van der Waals surface area contributed by atoms with Crippen molar-refractivity contribution in [3.8, 4) is 0 Å². The fraction of sp³-hybridized carbons (Fsp3) is 0.808. The number of piperazine rings is 1. The molecule has 4 heterocycles. The van der Waals surface area contributed by atoms with Gasteiger partial charge in [-0.05, 0) is 89.9 Å². The molecule has 0 aliphatic carbocycles. The zero-order valence-electron chi connectivity index (χ0n) is 20.5. The van der Waals surface area contributed by atoms with Crippen LogP contribution < -0.4 is 4.90 Å². The summed E-state index contributed by atoms with van der Waals surface area (Å²) in [5, 5.41) is 0. The number of aryl methyl sites for hydroxylation is 1. The zero-order chi connectivity index (χ0) is 21.8. The molecule has 3 aliphatic heterocycles. The van der Waals surface area contributed by atoms with Gasteiger partial charge in [0.05, 0.1) is 0 Å². The van der Waals surface area contributed by atoms with Crippen molar-refractivity contribution in [1.29, 1.82) is 0 Å². The lowest BCUT2D eigenvalue weighted by Gasteiger charge is -2.43. The lowest BCUT2D eigenvalue weighted by molar-refractivity contribution is 0.0580. The highest BCUT2D eigenvalue weighted by atomic mass is 15.3. The zero-order valence-corrected chi connectivity index (χ0v) is 20.5. The minimum Gasteiger partial charge on any atom is -0.357 e. The molecule has 0 bridgehead atoms. The molecule has 3 fully saturated rings. The minimum atomic E-state index is 0.337. The second kappa shape index (κ2) is 10.2. The summed E-state index contributed by atoms with van der Waals surface area (Å²) in [5.41, 5.74) is 1.58. The first-order chi connectivity index (χ1) is 14.9. The number of pyridine rings is 1. The van der Waals surface area contributed by atoms with Crippen molar-refractivity contribution in [2.45, 2.75) is 58.9 Å². The number of nitrogens with zero attached hydrogens (tertiary/aromatic N) is 5. The van der Waals surface area contributed by atoms with E-state index in [4.69, 9.17) is 0 Å². The van der Waals surface area contributed by atoms with Crippen molar-refractivity contribution in [3.63, 3.8) is 0 Å². The molecule has 31 heavy (non-hydrogen) atoms. The summed E-state index contributed by atoms with van der Waals surface area (Å²) < 4.78 is 0. The van der Waals surface area contributed by atoms with Crippen molar-refractivity contribution in [3.05, 3.63) is 23.9 Å². The smallest absolute Gasteiger partial charge is 0.128 e. The van der Waals surface area contributed by atoms with Gasteiger partial charge in [0.15, 0.2) is 0 Å². The Morgan fingerprint density at radius 1 is 0.774 bits per heavy atom. The number of hydrogen-bond acceptors (Lipinski definition) is 5. The first-order valence-corrected chi connectivity index (χ1v) is 12.7. The Morgan fingerprint density at radius 3 is 1.74 bits per heavy atom. The van der Waals surface area contributed by atoms with Gasteiger partial charge in [-0.1, -0.05) is 6.07 Å². The molecule has 1 aromatic rings. The van der Waals surface area contributed by atoms with Crippen LogP contribution in [0.2, 0.25) is 0 Å². The predicted octanol–water partition coefficient (Wildman–Crippen LogP) is 3.73. The van der Waals surface area contributed by atoms with Gasteiger partial charge in [-0.3, -0.25) is 4.90 Å². The molecular weight excluding hydrogens is 382 g/mol. The van der Waals surface area contributed by atoms with E-state index in [0.29, 0.717) is 5.54 Å². The molecule has 0 amide bonds. The number of likely N-dealkylation sites (tertiary alicyclic amines) is 1. The molecule has 0 spiro atoms. The average Bonchev–Trinajstić information content (AvgIpc) is 2.76. The van der Waals surface area contributed by atoms with Crippen LogP contribution in [0, 0.1) is 18.8 Å². The van der Waals surface area contributed by atoms with Crippen LogP contribution in [0.15, 0.2) is 18.3 Å². The molecule has 0 unspecified atom stereocenters. The summed E-state index contributed by atoms with van der Waals surface area (Å²) in [6.45, 7) is 21.8. The van der Waals surface area contributed by atoms with Gasteiger partial charge in [0.25, 0.3) is 0 Å². The number of aromatic nitrogens is 1. The van der Waals surface area contributed by atoms with E-state index in [1.165, 1.54) is 83.6 Å². The Bertz CT molecular complexity index is 658. The second-order valence-electron chi connectivity index (χ2n) is 11.3. The third-order valence-corrected chi connectivity index (χ3v) is 7.90. The highest BCUT2D eigenvalue weighted by Crippen LogP contribution is 2.26. The van der Waals surface area contributed by atoms with Crippen molar-refractivity contribution >= 4 is 5.82 Å². The molecule has 174 valence electrons. The maximum absolute atomic E-state index is 4.62. The van der Waals surface area contributed by atoms with Gasteiger partial charge in [-0.25, -0.2) is 4.98 Å². The lowest BCUT2D eigenvalue weighted by atomic mass is 9.92. The SMILES string of the molecule is Cc1ccc(N2CCC(CN3CCN(CC4CCN(C(C)(C)C)CC4)CC3)CC2)nc1. The van der Waals surface area contributed by atoms with E-state index >= 15 is 0 Å². The monoisotopic (exact) mass is 427 g/mol. The molecule has 1 aromatic heterocycles. The summed E-state index contributed by atoms with van der Waals surface area (Å²) in [4.78, 5) is 15.3. The van der Waals surface area contributed by atoms with Crippen LogP contribution in [0.25, 0.3) is 0 Å². The molecule has 0 atom stereocenters. The van der Waals surface area contributed by atoms with E-state index < -0.39 is 0 Å². The molecule has 4 rings (SSSR count). The predicted molar refractivity (Wildman–Crippen MR) is 131 cm³/mol. The van der Waals surface area contributed by atoms with Gasteiger partial charge in [-0.15, -0.1) is 0 Å². The quantitative estimate of drug-likeness (QED) is 0.713. The number of rotatable bonds is 5. The fourth-order valence-corrected chi connectivity index (χ4v) is 5.66. The average molecular weight is 428 g/mol. The molecule has 0 aromatic carbocycles. The van der Waals surface area contributed by atoms with E-state index in [1.807, 2.05) is 6.20 Å². The van der Waals surface area contributed by atoms with Crippen LogP contribution in [0.3, 0.4) is 0 Å². The van der Waals surface area contributed by atoms with E-state index in [2.05, 4.69) is 64.4 Å². The molecular formula is C26H45N5. The summed E-state index contributed by atoms with van der Waals surface area (Å²) in [6, 6.07) is 4.36. The van der Waals surface area contributed by atoms with Crippen LogP contribution >= 0.6 is 0 Å².